The first kappa shape index (κ1) is 22.8. The van der Waals surface area contributed by atoms with Crippen LogP contribution in [-0.4, -0.2) is 22.8 Å². The van der Waals surface area contributed by atoms with Crippen LogP contribution in [0.3, 0.4) is 0 Å². The number of carbonyl (C=O) groups excluding carboxylic acids is 1. The summed E-state index contributed by atoms with van der Waals surface area (Å²) < 4.78 is 7.84. The van der Waals surface area contributed by atoms with E-state index in [1.807, 2.05) is 25.1 Å². The van der Waals surface area contributed by atoms with Crippen molar-refractivity contribution in [3.05, 3.63) is 58.7 Å². The monoisotopic (exact) mass is 441 g/mol. The van der Waals surface area contributed by atoms with Gasteiger partial charge in [0, 0.05) is 12.2 Å². The molecule has 0 bridgehead atoms. The zero-order valence-electron chi connectivity index (χ0n) is 18.7. The van der Waals surface area contributed by atoms with Crippen LogP contribution in [0.4, 0.5) is 0 Å². The Kier molecular flexibility index (Phi) is 7.25. The largest absolute Gasteiger partial charge is 0.462 e. The fourth-order valence-electron chi connectivity index (χ4n) is 3.52. The molecule has 3 rings (SSSR count). The summed E-state index contributed by atoms with van der Waals surface area (Å²) in [6.45, 7) is 13.0. The smallest absolute Gasteiger partial charge is 0.306 e. The molecule has 0 saturated carbocycles. The predicted molar refractivity (Wildman–Crippen MR) is 129 cm³/mol. The summed E-state index contributed by atoms with van der Waals surface area (Å²) in [6, 6.07) is 12.6. The first-order valence-electron chi connectivity index (χ1n) is 10.4. The molecule has 0 aliphatic rings. The third kappa shape index (κ3) is 5.86. The quantitative estimate of drug-likeness (QED) is 0.296. The Morgan fingerprint density at radius 2 is 1.93 bits per heavy atom. The number of ether oxygens (including phenoxy) is 1. The number of aryl methyl sites for hydroxylation is 2. The van der Waals surface area contributed by atoms with E-state index in [1.54, 1.807) is 23.1 Å². The summed E-state index contributed by atoms with van der Waals surface area (Å²) in [7, 11) is 0. The molecule has 0 N–H and O–H groups in total. The molecule has 1 heterocycles. The fraction of sp³-hybridized carbons (Fsp3) is 0.440. The van der Waals surface area contributed by atoms with Crippen LogP contribution in [0, 0.1) is 13.8 Å². The predicted octanol–water partition coefficient (Wildman–Crippen LogP) is 6.87. The van der Waals surface area contributed by atoms with Crippen LogP contribution in [0.2, 0.25) is 0 Å². The molecular formula is C25H31NO2S2. The van der Waals surface area contributed by atoms with Crippen molar-refractivity contribution in [1.82, 2.24) is 4.98 Å². The first-order valence-corrected chi connectivity index (χ1v) is 12.2. The van der Waals surface area contributed by atoms with Crippen LogP contribution in [0.15, 0.2) is 40.7 Å². The van der Waals surface area contributed by atoms with Gasteiger partial charge in [-0.1, -0.05) is 56.8 Å². The molecule has 160 valence electrons. The maximum Gasteiger partial charge on any atom is 0.306 e. The minimum atomic E-state index is -0.139. The zero-order valence-corrected chi connectivity index (χ0v) is 20.4. The molecule has 0 fully saturated rings. The Morgan fingerprint density at radius 1 is 1.20 bits per heavy atom. The average molecular weight is 442 g/mol. The van der Waals surface area contributed by atoms with Gasteiger partial charge in [0.05, 0.1) is 10.2 Å². The van der Waals surface area contributed by atoms with Gasteiger partial charge < -0.3 is 4.74 Å². The second-order valence-electron chi connectivity index (χ2n) is 8.89. The maximum atomic E-state index is 12.4. The minimum absolute atomic E-state index is 0.0950. The second kappa shape index (κ2) is 9.52. The Bertz CT molecular complexity index is 1000. The van der Waals surface area contributed by atoms with Crippen LogP contribution in [0.1, 0.15) is 56.4 Å². The molecule has 3 aromatic rings. The molecule has 1 atom stereocenters. The number of thiazole rings is 1. The lowest BCUT2D eigenvalue weighted by Gasteiger charge is -2.24. The topological polar surface area (TPSA) is 39.2 Å². The van der Waals surface area contributed by atoms with E-state index in [9.17, 15) is 4.79 Å². The number of fused-ring (bicyclic) bond motifs is 1. The van der Waals surface area contributed by atoms with E-state index in [4.69, 9.17) is 4.74 Å². The molecule has 0 radical (unpaired) electrons. The van der Waals surface area contributed by atoms with Gasteiger partial charge in [-0.2, -0.15) is 0 Å². The summed E-state index contributed by atoms with van der Waals surface area (Å²) >= 11 is 3.33. The highest BCUT2D eigenvalue weighted by Crippen LogP contribution is 2.31. The number of rotatable bonds is 7. The van der Waals surface area contributed by atoms with Gasteiger partial charge in [-0.25, -0.2) is 4.98 Å². The SMILES string of the molecule is Cc1cc(CCC(=O)OC(C)CSc2nc3ccccc3s2)cc(C(C)(C)C)c1C. The number of esters is 1. The van der Waals surface area contributed by atoms with Gasteiger partial charge in [0.25, 0.3) is 0 Å². The van der Waals surface area contributed by atoms with E-state index in [2.05, 4.69) is 57.8 Å². The van der Waals surface area contributed by atoms with Crippen LogP contribution in [0.25, 0.3) is 10.2 Å². The van der Waals surface area contributed by atoms with E-state index in [-0.39, 0.29) is 17.5 Å². The molecule has 5 heteroatoms. The van der Waals surface area contributed by atoms with E-state index in [1.165, 1.54) is 27.0 Å². The highest BCUT2D eigenvalue weighted by atomic mass is 32.2. The van der Waals surface area contributed by atoms with Gasteiger partial charge in [0.15, 0.2) is 4.34 Å². The zero-order chi connectivity index (χ0) is 21.9. The van der Waals surface area contributed by atoms with Crippen molar-refractivity contribution in [1.29, 1.82) is 0 Å². The Balaban J connectivity index is 1.51. The van der Waals surface area contributed by atoms with Gasteiger partial charge >= 0.3 is 5.97 Å². The van der Waals surface area contributed by atoms with E-state index < -0.39 is 0 Å². The van der Waals surface area contributed by atoms with Gasteiger partial charge in [-0.15, -0.1) is 11.3 Å². The first-order chi connectivity index (χ1) is 14.1. The number of nitrogens with zero attached hydrogens (tertiary/aromatic N) is 1. The number of hydrogen-bond acceptors (Lipinski definition) is 5. The van der Waals surface area contributed by atoms with Crippen molar-refractivity contribution >= 4 is 39.3 Å². The third-order valence-electron chi connectivity index (χ3n) is 5.20. The molecule has 0 amide bonds. The third-order valence-corrected chi connectivity index (χ3v) is 7.61. The minimum Gasteiger partial charge on any atom is -0.462 e. The standard InChI is InChI=1S/C25H31NO2S2/c1-16-13-19(14-20(18(16)3)25(4,5)6)11-12-23(27)28-17(2)15-29-24-26-21-9-7-8-10-22(21)30-24/h7-10,13-14,17H,11-12,15H2,1-6H3. The normalized spacial score (nSPS) is 12.9. The van der Waals surface area contributed by atoms with Crippen molar-refractivity contribution in [3.63, 3.8) is 0 Å². The summed E-state index contributed by atoms with van der Waals surface area (Å²) in [5.74, 6) is 0.576. The molecular weight excluding hydrogens is 410 g/mol. The number of hydrogen-bond donors (Lipinski definition) is 0. The Labute approximate surface area is 188 Å². The van der Waals surface area contributed by atoms with Crippen molar-refractivity contribution in [2.45, 2.75) is 70.2 Å². The highest BCUT2D eigenvalue weighted by Gasteiger charge is 2.19. The number of benzene rings is 2. The fourth-order valence-corrected chi connectivity index (χ4v) is 5.54. The molecule has 0 aliphatic carbocycles. The van der Waals surface area contributed by atoms with Gasteiger partial charge in [-0.3, -0.25) is 4.79 Å². The van der Waals surface area contributed by atoms with Crippen LogP contribution in [0.5, 0.6) is 0 Å². The molecule has 3 nitrogen and oxygen atoms in total. The van der Waals surface area contributed by atoms with Crippen LogP contribution < -0.4 is 0 Å². The molecule has 2 aromatic carbocycles. The number of para-hydroxylation sites is 1. The lowest BCUT2D eigenvalue weighted by Crippen LogP contribution is -2.18. The van der Waals surface area contributed by atoms with Crippen molar-refractivity contribution in [2.24, 2.45) is 0 Å². The van der Waals surface area contributed by atoms with Crippen LogP contribution >= 0.6 is 23.1 Å². The van der Waals surface area contributed by atoms with Crippen LogP contribution in [-0.2, 0) is 21.4 Å². The van der Waals surface area contributed by atoms with E-state index in [0.717, 1.165) is 9.86 Å². The summed E-state index contributed by atoms with van der Waals surface area (Å²) in [4.78, 5) is 17.0. The Hall–Kier alpha value is -1.85. The highest BCUT2D eigenvalue weighted by molar-refractivity contribution is 8.01. The van der Waals surface area contributed by atoms with Crippen molar-refractivity contribution in [2.75, 3.05) is 5.75 Å². The molecule has 0 spiro atoms. The number of carbonyl (C=O) groups is 1. The summed E-state index contributed by atoms with van der Waals surface area (Å²) in [6.07, 6.45) is 0.975. The maximum absolute atomic E-state index is 12.4. The molecule has 1 unspecified atom stereocenters. The summed E-state index contributed by atoms with van der Waals surface area (Å²) in [5, 5.41) is 0. The Morgan fingerprint density at radius 3 is 2.63 bits per heavy atom. The van der Waals surface area contributed by atoms with Crippen molar-refractivity contribution < 1.29 is 9.53 Å². The van der Waals surface area contributed by atoms with Crippen molar-refractivity contribution in [3.8, 4) is 0 Å². The molecule has 1 aromatic heterocycles. The second-order valence-corrected chi connectivity index (χ2v) is 11.2. The number of thioether (sulfide) groups is 1. The lowest BCUT2D eigenvalue weighted by molar-refractivity contribution is -0.147. The van der Waals surface area contributed by atoms with E-state index in [0.29, 0.717) is 18.6 Å². The van der Waals surface area contributed by atoms with Gasteiger partial charge in [0.2, 0.25) is 0 Å². The van der Waals surface area contributed by atoms with E-state index >= 15 is 0 Å². The van der Waals surface area contributed by atoms with Gasteiger partial charge in [0.1, 0.15) is 6.10 Å². The molecule has 30 heavy (non-hydrogen) atoms. The molecule has 0 saturated heterocycles. The average Bonchev–Trinajstić information content (AvgIpc) is 3.09. The molecule has 0 aliphatic heterocycles. The van der Waals surface area contributed by atoms with Gasteiger partial charge in [-0.05, 0) is 67.0 Å². The number of aromatic nitrogens is 1. The lowest BCUT2D eigenvalue weighted by atomic mass is 9.81. The summed E-state index contributed by atoms with van der Waals surface area (Å²) in [5.41, 5.74) is 6.30.